The van der Waals surface area contributed by atoms with Crippen LogP contribution in [0.1, 0.15) is 126 Å². The number of benzene rings is 10. The molecule has 0 radical (unpaired) electrons. The maximum absolute atomic E-state index is 13.6. The minimum atomic E-state index is -2.91. The summed E-state index contributed by atoms with van der Waals surface area (Å²) in [5, 5.41) is 282. The Labute approximate surface area is 588 Å². The van der Waals surface area contributed by atoms with Crippen molar-refractivity contribution in [3.8, 4) is 144 Å². The number of hydrogen-bond donors (Lipinski definition) is 24. The van der Waals surface area contributed by atoms with Crippen molar-refractivity contribution in [2.75, 3.05) is 0 Å². The Bertz CT molecular complexity index is 5350. The fourth-order valence-corrected chi connectivity index (χ4v) is 15.8. The zero-order chi connectivity index (χ0) is 74.3. The summed E-state index contributed by atoms with van der Waals surface area (Å²) in [7, 11) is 0. The van der Waals surface area contributed by atoms with Crippen LogP contribution in [-0.4, -0.2) is 153 Å². The Hall–Kier alpha value is -13.0. The highest BCUT2D eigenvalue weighted by Gasteiger charge is 2.63. The molecule has 10 aromatic carbocycles. The maximum atomic E-state index is 13.6. The smallest absolute Gasteiger partial charge is 0.305 e. The van der Waals surface area contributed by atoms with Gasteiger partial charge in [0.1, 0.15) is 117 Å². The van der Waals surface area contributed by atoms with Crippen molar-refractivity contribution in [3.63, 3.8) is 0 Å². The van der Waals surface area contributed by atoms with E-state index < -0.39 is 273 Å². The molecule has 0 saturated carbocycles. The van der Waals surface area contributed by atoms with E-state index in [0.29, 0.717) is 0 Å². The standard InChI is InChI=1S/C75H60O30/c76-28-16-41(88)51-49(17-28)100-67(24-2-7-31(78)37(84)12-24)63(96)59(51)53-43(90)20-44(91)54-61(65(98)68(102-71(53)54)25-3-8-32(79)38(85)13-25)56-45(92)21-46(93)57-62-58-50(104-75(74(62)99,105-73(56)57)27-5-10-34(81)40(87)15-27)22-47(94)55-60(64(97)69(103-72(55)58)26-4-9-33(80)39(86)14-26)52-42(89)19-35(82)29-18-48(95)66(101-70(29)52)23-1-6-30(77)36(83)11-23/h1-17,19-22,48,59-69,74,76-99H,18H2/t48-,59+,60+,61+,62-,63-,64-,65-,66-,67-,68-,69-,74-,75+/m1/s1. The van der Waals surface area contributed by atoms with Gasteiger partial charge in [0.05, 0.1) is 29.8 Å². The summed E-state index contributed by atoms with van der Waals surface area (Å²) in [5.41, 5.74) is -5.07. The Morgan fingerprint density at radius 1 is 0.267 bits per heavy atom. The predicted molar refractivity (Wildman–Crippen MR) is 354 cm³/mol. The van der Waals surface area contributed by atoms with Gasteiger partial charge in [-0.1, -0.05) is 24.3 Å². The second-order valence-corrected chi connectivity index (χ2v) is 26.5. The van der Waals surface area contributed by atoms with Crippen LogP contribution in [0.2, 0.25) is 0 Å². The average Bonchev–Trinajstić information content (AvgIpc) is 0.690. The van der Waals surface area contributed by atoms with Crippen LogP contribution in [0.4, 0.5) is 0 Å². The van der Waals surface area contributed by atoms with Crippen molar-refractivity contribution in [2.45, 2.75) is 90.8 Å². The number of phenols is 19. The van der Waals surface area contributed by atoms with E-state index in [1.165, 1.54) is 24.3 Å². The molecule has 6 aliphatic rings. The number of fused-ring (bicyclic) bond motifs is 11. The first-order valence-electron chi connectivity index (χ1n) is 32.2. The largest absolute Gasteiger partial charge is 0.508 e. The molecular weight excluding hydrogens is 1380 g/mol. The van der Waals surface area contributed by atoms with Gasteiger partial charge in [0, 0.05) is 98.5 Å². The monoisotopic (exact) mass is 1440 g/mol. The molecule has 6 aliphatic heterocycles. The van der Waals surface area contributed by atoms with Crippen LogP contribution < -0.4 is 28.4 Å². The first-order chi connectivity index (χ1) is 49.9. The van der Waals surface area contributed by atoms with E-state index in [4.69, 9.17) is 28.4 Å². The Balaban J connectivity index is 0.966. The van der Waals surface area contributed by atoms with Gasteiger partial charge in [-0.2, -0.15) is 0 Å². The molecule has 16 rings (SSSR count). The van der Waals surface area contributed by atoms with Gasteiger partial charge >= 0.3 is 5.79 Å². The molecule has 2 bridgehead atoms. The highest BCUT2D eigenvalue weighted by atomic mass is 16.7. The van der Waals surface area contributed by atoms with E-state index in [9.17, 15) is 123 Å². The van der Waals surface area contributed by atoms with Crippen LogP contribution in [0, 0.1) is 0 Å². The molecule has 0 aromatic heterocycles. The van der Waals surface area contributed by atoms with Crippen molar-refractivity contribution in [2.24, 2.45) is 0 Å². The fourth-order valence-electron chi connectivity index (χ4n) is 15.8. The van der Waals surface area contributed by atoms with Gasteiger partial charge in [-0.05, 0) is 89.0 Å². The molecule has 30 nitrogen and oxygen atoms in total. The molecule has 0 fully saturated rings. The summed E-state index contributed by atoms with van der Waals surface area (Å²) < 4.78 is 40.0. The molecule has 10 aromatic rings. The average molecular weight is 1440 g/mol. The zero-order valence-corrected chi connectivity index (χ0v) is 53.5. The minimum absolute atomic E-state index is 0.0427. The number of aromatic hydroxyl groups is 19. The summed E-state index contributed by atoms with van der Waals surface area (Å²) in [6, 6.07) is 21.3. The zero-order valence-electron chi connectivity index (χ0n) is 53.5. The van der Waals surface area contributed by atoms with Crippen LogP contribution in [0.3, 0.4) is 0 Å². The Morgan fingerprint density at radius 3 is 1.10 bits per heavy atom. The van der Waals surface area contributed by atoms with Crippen LogP contribution >= 0.6 is 0 Å². The molecule has 14 atom stereocenters. The molecule has 30 heteroatoms. The first kappa shape index (κ1) is 66.5. The Kier molecular flexibility index (Phi) is 14.9. The van der Waals surface area contributed by atoms with Gasteiger partial charge in [0.2, 0.25) is 0 Å². The number of hydrogen-bond acceptors (Lipinski definition) is 30. The number of ether oxygens (including phenoxy) is 6. The summed E-state index contributed by atoms with van der Waals surface area (Å²) in [6.07, 6.45) is -17.7. The predicted octanol–water partition coefficient (Wildman–Crippen LogP) is 7.14. The molecule has 24 N–H and O–H groups in total. The lowest BCUT2D eigenvalue weighted by Crippen LogP contribution is -2.58. The number of phenolic OH excluding ortho intramolecular Hbond substituents is 19. The lowest BCUT2D eigenvalue weighted by atomic mass is 9.69. The van der Waals surface area contributed by atoms with Gasteiger partial charge < -0.3 is 151 Å². The first-order valence-corrected chi connectivity index (χ1v) is 32.2. The van der Waals surface area contributed by atoms with Crippen LogP contribution in [0.15, 0.2) is 127 Å². The summed E-state index contributed by atoms with van der Waals surface area (Å²) >= 11 is 0. The van der Waals surface area contributed by atoms with Crippen LogP contribution in [0.5, 0.6) is 144 Å². The summed E-state index contributed by atoms with van der Waals surface area (Å²) in [4.78, 5) is 0. The molecule has 0 saturated heterocycles. The van der Waals surface area contributed by atoms with Crippen molar-refractivity contribution in [1.82, 2.24) is 0 Å². The van der Waals surface area contributed by atoms with E-state index in [2.05, 4.69) is 0 Å². The van der Waals surface area contributed by atoms with E-state index in [1.807, 2.05) is 0 Å². The second kappa shape index (κ2) is 23.5. The van der Waals surface area contributed by atoms with Crippen molar-refractivity contribution < 1.29 is 151 Å². The Morgan fingerprint density at radius 2 is 0.629 bits per heavy atom. The molecule has 540 valence electrons. The summed E-state index contributed by atoms with van der Waals surface area (Å²) in [6.45, 7) is 0. The van der Waals surface area contributed by atoms with E-state index in [0.717, 1.165) is 103 Å². The molecule has 0 amide bonds. The van der Waals surface area contributed by atoms with Gasteiger partial charge in [0.25, 0.3) is 0 Å². The molecular formula is C75H60O30. The van der Waals surface area contributed by atoms with Gasteiger partial charge in [-0.25, -0.2) is 0 Å². The second-order valence-electron chi connectivity index (χ2n) is 26.5. The third-order valence-electron chi connectivity index (χ3n) is 20.5. The van der Waals surface area contributed by atoms with Gasteiger partial charge in [-0.3, -0.25) is 0 Å². The molecule has 6 heterocycles. The van der Waals surface area contributed by atoms with E-state index >= 15 is 0 Å². The van der Waals surface area contributed by atoms with E-state index in [1.54, 1.807) is 0 Å². The van der Waals surface area contributed by atoms with Crippen molar-refractivity contribution >= 4 is 0 Å². The number of aliphatic hydroxyl groups excluding tert-OH is 5. The van der Waals surface area contributed by atoms with Crippen LogP contribution in [0.25, 0.3) is 0 Å². The van der Waals surface area contributed by atoms with Crippen molar-refractivity contribution in [3.05, 3.63) is 205 Å². The lowest BCUT2D eigenvalue weighted by Gasteiger charge is -2.52. The lowest BCUT2D eigenvalue weighted by molar-refractivity contribution is -0.219. The molecule has 105 heavy (non-hydrogen) atoms. The van der Waals surface area contributed by atoms with Crippen LogP contribution in [-0.2, 0) is 12.2 Å². The third-order valence-corrected chi connectivity index (χ3v) is 20.5. The van der Waals surface area contributed by atoms with Gasteiger partial charge in [-0.15, -0.1) is 0 Å². The SMILES string of the molecule is Oc1cc(O)c2c(c1)O[C@H](c1ccc(O)c(O)c1)[C@H](O)[C@@H]2c1c(O)cc(O)c2c1O[C@H](c1ccc(O)c(O)c1)[C@H](O)[C@@H]2c1c(O)cc(O)c2c1O[C@]1(c3ccc(O)c(O)c3)Oc3cc(O)c4c(c3[C@@H]2[C@H]1O)O[C@H](c1ccc(O)c(O)c1)[C@H](O)[C@H]4c1c(O)cc(O)c2c1O[C@H](c1ccc(O)c(O)c1)[C@H](O)C2. The topological polar surface area (TPSA) is 541 Å². The number of aliphatic hydroxyl groups is 5. The molecule has 0 unspecified atom stereocenters. The van der Waals surface area contributed by atoms with E-state index in [-0.39, 0.29) is 39.1 Å². The summed E-state index contributed by atoms with van der Waals surface area (Å²) in [5.74, 6) is -28.8. The fraction of sp³-hybridized carbons (Fsp3) is 0.200. The minimum Gasteiger partial charge on any atom is -0.508 e. The van der Waals surface area contributed by atoms with Gasteiger partial charge in [0.15, 0.2) is 75.8 Å². The number of rotatable bonds is 8. The molecule has 0 aliphatic carbocycles. The quantitative estimate of drug-likeness (QED) is 0.0672. The highest BCUT2D eigenvalue weighted by Crippen LogP contribution is 2.69. The highest BCUT2D eigenvalue weighted by molar-refractivity contribution is 5.76. The van der Waals surface area contributed by atoms with Crippen molar-refractivity contribution in [1.29, 1.82) is 0 Å². The maximum Gasteiger partial charge on any atom is 0.305 e. The normalized spacial score (nSPS) is 25.1. The third kappa shape index (κ3) is 9.89. The molecule has 0 spiro atoms.